The van der Waals surface area contributed by atoms with E-state index in [1.165, 1.54) is 173 Å². The van der Waals surface area contributed by atoms with E-state index in [0.717, 1.165) is 77.0 Å². The summed E-state index contributed by atoms with van der Waals surface area (Å²) in [5, 5.41) is 87.4. The lowest BCUT2D eigenvalue weighted by Crippen LogP contribution is -2.65. The van der Waals surface area contributed by atoms with Crippen LogP contribution in [-0.2, 0) is 23.7 Å². The molecule has 2 aliphatic heterocycles. The summed E-state index contributed by atoms with van der Waals surface area (Å²) in [6.07, 6.45) is 63.6. The zero-order valence-corrected chi connectivity index (χ0v) is 55.4. The molecule has 14 heteroatoms. The summed E-state index contributed by atoms with van der Waals surface area (Å²) in [4.78, 5) is 13.3. The van der Waals surface area contributed by atoms with E-state index < -0.39 is 86.8 Å². The van der Waals surface area contributed by atoms with E-state index in [-0.39, 0.29) is 18.9 Å². The molecule has 2 aliphatic rings. The van der Waals surface area contributed by atoms with E-state index in [0.29, 0.717) is 12.8 Å². The van der Waals surface area contributed by atoms with E-state index in [1.54, 1.807) is 6.08 Å². The van der Waals surface area contributed by atoms with Crippen molar-refractivity contribution in [1.82, 2.24) is 5.32 Å². The van der Waals surface area contributed by atoms with Gasteiger partial charge in [-0.25, -0.2) is 0 Å². The Bertz CT molecular complexity index is 1800. The SMILES string of the molecule is CC/C=C\C/C=C\C/C=C\C/C=C\CCCCCCCCCCCCCCC(=O)NC(COC1OC(CO)C(OC2OC(CO)C(O)C(O)C2O)C(O)C1O)C(O)/C=C/CC/C=C/CC/C=C/CCCCCCCCCCCCCCCCCCCCC. The first kappa shape index (κ1) is 81.3. The van der Waals surface area contributed by atoms with Gasteiger partial charge in [0.15, 0.2) is 12.6 Å². The number of carbonyl (C=O) groups is 1. The van der Waals surface area contributed by atoms with Crippen molar-refractivity contribution in [3.8, 4) is 0 Å². The van der Waals surface area contributed by atoms with Crippen molar-refractivity contribution in [1.29, 1.82) is 0 Å². The summed E-state index contributed by atoms with van der Waals surface area (Å²) in [6.45, 7) is 2.69. The summed E-state index contributed by atoms with van der Waals surface area (Å²) >= 11 is 0. The molecule has 14 nitrogen and oxygen atoms in total. The van der Waals surface area contributed by atoms with Crippen LogP contribution in [0.25, 0.3) is 0 Å². The molecule has 0 aromatic carbocycles. The molecule has 0 aliphatic carbocycles. The van der Waals surface area contributed by atoms with E-state index in [4.69, 9.17) is 18.9 Å². The normalized spacial score (nSPS) is 23.7. The second-order valence-electron chi connectivity index (χ2n) is 25.0. The topological polar surface area (TPSA) is 228 Å². The highest BCUT2D eigenvalue weighted by Gasteiger charge is 2.51. The minimum Gasteiger partial charge on any atom is -0.394 e. The molecule has 88 heavy (non-hydrogen) atoms. The minimum absolute atomic E-state index is 0.256. The quantitative estimate of drug-likeness (QED) is 0.0204. The number of aliphatic hydroxyl groups is 8. The van der Waals surface area contributed by atoms with Crippen molar-refractivity contribution < 1.29 is 64.6 Å². The predicted octanol–water partition coefficient (Wildman–Crippen LogP) is 14.8. The van der Waals surface area contributed by atoms with Gasteiger partial charge in [0.25, 0.3) is 0 Å². The van der Waals surface area contributed by atoms with Crippen LogP contribution >= 0.6 is 0 Å². The maximum absolute atomic E-state index is 13.3. The van der Waals surface area contributed by atoms with Crippen molar-refractivity contribution in [2.75, 3.05) is 19.8 Å². The van der Waals surface area contributed by atoms with Crippen LogP contribution in [0.2, 0.25) is 0 Å². The van der Waals surface area contributed by atoms with Crippen LogP contribution in [0.5, 0.6) is 0 Å². The first-order valence-electron chi connectivity index (χ1n) is 35.8. The van der Waals surface area contributed by atoms with Gasteiger partial charge in [0.2, 0.25) is 5.91 Å². The van der Waals surface area contributed by atoms with Gasteiger partial charge < -0.3 is 65.1 Å². The summed E-state index contributed by atoms with van der Waals surface area (Å²) in [7, 11) is 0. The highest BCUT2D eigenvalue weighted by molar-refractivity contribution is 5.76. The molecule has 2 rings (SSSR count). The van der Waals surface area contributed by atoms with E-state index in [1.807, 2.05) is 6.08 Å². The van der Waals surface area contributed by atoms with Gasteiger partial charge in [0, 0.05) is 6.42 Å². The second-order valence-corrected chi connectivity index (χ2v) is 25.0. The molecule has 0 bridgehead atoms. The van der Waals surface area contributed by atoms with Crippen molar-refractivity contribution >= 4 is 5.91 Å². The molecule has 0 spiro atoms. The summed E-state index contributed by atoms with van der Waals surface area (Å²) < 4.78 is 22.8. The zero-order valence-electron chi connectivity index (χ0n) is 55.4. The van der Waals surface area contributed by atoms with Gasteiger partial charge in [0.05, 0.1) is 32.0 Å². The Morgan fingerprint density at radius 2 is 0.795 bits per heavy atom. The third-order valence-electron chi connectivity index (χ3n) is 17.0. The lowest BCUT2D eigenvalue weighted by Gasteiger charge is -2.46. The summed E-state index contributed by atoms with van der Waals surface area (Å²) in [6, 6.07) is -0.945. The molecule has 9 N–H and O–H groups in total. The van der Waals surface area contributed by atoms with Gasteiger partial charge >= 0.3 is 0 Å². The molecule has 1 amide bonds. The van der Waals surface area contributed by atoms with Crippen LogP contribution in [0.4, 0.5) is 0 Å². The molecule has 2 heterocycles. The number of rotatable bonds is 58. The Morgan fingerprint density at radius 3 is 1.25 bits per heavy atom. The summed E-state index contributed by atoms with van der Waals surface area (Å²) in [5.74, 6) is -0.256. The van der Waals surface area contributed by atoms with Gasteiger partial charge in [-0.15, -0.1) is 0 Å². The molecule has 0 radical (unpaired) electrons. The minimum atomic E-state index is -1.80. The Hall–Kier alpha value is -2.83. The average molecular weight is 1240 g/mol. The van der Waals surface area contributed by atoms with E-state index in [9.17, 15) is 45.6 Å². The number of carbonyl (C=O) groups excluding carboxylic acids is 1. The number of allylic oxidation sites excluding steroid dienone is 13. The van der Waals surface area contributed by atoms with Crippen molar-refractivity contribution in [2.45, 2.75) is 357 Å². The van der Waals surface area contributed by atoms with Gasteiger partial charge in [-0.1, -0.05) is 279 Å². The van der Waals surface area contributed by atoms with Crippen LogP contribution in [-0.4, -0.2) is 140 Å². The Kier molecular flexibility index (Phi) is 53.6. The number of hydrogen-bond donors (Lipinski definition) is 9. The maximum Gasteiger partial charge on any atom is 0.220 e. The van der Waals surface area contributed by atoms with Crippen LogP contribution in [0.3, 0.4) is 0 Å². The van der Waals surface area contributed by atoms with Crippen molar-refractivity contribution in [3.05, 3.63) is 85.1 Å². The number of amides is 1. The van der Waals surface area contributed by atoms with E-state index in [2.05, 4.69) is 92.1 Å². The Morgan fingerprint density at radius 1 is 0.420 bits per heavy atom. The first-order valence-corrected chi connectivity index (χ1v) is 35.8. The highest BCUT2D eigenvalue weighted by Crippen LogP contribution is 2.30. The van der Waals surface area contributed by atoms with Crippen LogP contribution in [0, 0.1) is 0 Å². The van der Waals surface area contributed by atoms with Gasteiger partial charge in [0.1, 0.15) is 48.8 Å². The van der Waals surface area contributed by atoms with Gasteiger partial charge in [-0.3, -0.25) is 4.79 Å². The average Bonchev–Trinajstić information content (AvgIpc) is 2.07. The number of nitrogens with one attached hydrogen (secondary N) is 1. The van der Waals surface area contributed by atoms with Crippen LogP contribution in [0.15, 0.2) is 85.1 Å². The molecular weight excluding hydrogens is 1110 g/mol. The van der Waals surface area contributed by atoms with Crippen LogP contribution < -0.4 is 5.32 Å². The van der Waals surface area contributed by atoms with Crippen molar-refractivity contribution in [2.24, 2.45) is 0 Å². The lowest BCUT2D eigenvalue weighted by molar-refractivity contribution is -0.359. The molecule has 0 aromatic rings. The zero-order chi connectivity index (χ0) is 63.8. The van der Waals surface area contributed by atoms with Gasteiger partial charge in [-0.05, 0) is 83.5 Å². The second kappa shape index (κ2) is 58.0. The molecule has 0 saturated carbocycles. The first-order chi connectivity index (χ1) is 43.1. The van der Waals surface area contributed by atoms with Gasteiger partial charge in [-0.2, -0.15) is 0 Å². The number of ether oxygens (including phenoxy) is 4. The van der Waals surface area contributed by atoms with Crippen LogP contribution in [0.1, 0.15) is 284 Å². The molecule has 510 valence electrons. The number of aliphatic hydroxyl groups excluding tert-OH is 8. The molecule has 2 saturated heterocycles. The molecule has 12 atom stereocenters. The number of unbranched alkanes of at least 4 members (excludes halogenated alkanes) is 33. The summed E-state index contributed by atoms with van der Waals surface area (Å²) in [5.41, 5.74) is 0. The number of hydrogen-bond acceptors (Lipinski definition) is 13. The van der Waals surface area contributed by atoms with E-state index >= 15 is 0 Å². The fraction of sp³-hybridized carbons (Fsp3) is 0.797. The molecular formula is C74H131NO13. The Balaban J connectivity index is 1.70. The standard InChI is InChI=1S/C74H131NO13/c1-3-5-7-9-11-13-15-17-19-21-23-25-27-29-30-31-32-34-35-37-39-41-43-45-47-49-51-53-55-57-63(78)62(61-85-73-71(84)69(82)72(65(60-77)87-73)88-74-70(83)68(81)67(80)64(59-76)86-74)75-66(79)58-56-54-52-50-48-46-44-42-40-38-36-33-28-26-24-22-20-18-16-14-12-10-8-6-4-2/h6,8,12,14,18,20,24,26,39,41,47,49,55,57,62-65,67-74,76-78,80-84H,3-5,7,9-11,13,15-17,19,21-23,25,27-38,40,42-46,48,50-54,56,58-61H2,1-2H3,(H,75,79)/b8-6-,14-12-,20-18-,26-24-,41-39+,49-47+,57-55+. The highest BCUT2D eigenvalue weighted by atomic mass is 16.7. The maximum atomic E-state index is 13.3. The molecule has 2 fully saturated rings. The third kappa shape index (κ3) is 41.6. The third-order valence-corrected chi connectivity index (χ3v) is 17.0. The van der Waals surface area contributed by atoms with Crippen molar-refractivity contribution in [3.63, 3.8) is 0 Å². The smallest absolute Gasteiger partial charge is 0.220 e. The molecule has 12 unspecified atom stereocenters. The fourth-order valence-electron chi connectivity index (χ4n) is 11.4. The fourth-order valence-corrected chi connectivity index (χ4v) is 11.4. The molecule has 0 aromatic heterocycles. The Labute approximate surface area is 535 Å². The predicted molar refractivity (Wildman–Crippen MR) is 360 cm³/mol. The monoisotopic (exact) mass is 1240 g/mol. The lowest BCUT2D eigenvalue weighted by atomic mass is 9.97. The largest absolute Gasteiger partial charge is 0.394 e.